The highest BCUT2D eigenvalue weighted by atomic mass is 16.4. The number of hydrogen-bond donors (Lipinski definition) is 2. The van der Waals surface area contributed by atoms with Crippen molar-refractivity contribution in [3.05, 3.63) is 84.2 Å². The molecule has 0 radical (unpaired) electrons. The average molecular weight is 330 g/mol. The smallest absolute Gasteiger partial charge is 0.0741 e. The number of benzene rings is 2. The summed E-state index contributed by atoms with van der Waals surface area (Å²) in [5.74, 6) is 0. The molecule has 5 nitrogen and oxygen atoms in total. The molecule has 0 spiro atoms. The summed E-state index contributed by atoms with van der Waals surface area (Å²) in [7, 11) is 0. The first-order chi connectivity index (χ1) is 12.3. The van der Waals surface area contributed by atoms with Crippen molar-refractivity contribution >= 4 is 28.0 Å². The molecule has 0 saturated carbocycles. The maximum Gasteiger partial charge on any atom is 0.0741 e. The largest absolute Gasteiger partial charge is 0.411 e. The minimum Gasteiger partial charge on any atom is -0.411 e. The highest BCUT2D eigenvalue weighted by Crippen LogP contribution is 2.15. The van der Waals surface area contributed by atoms with Gasteiger partial charge in [0.1, 0.15) is 0 Å². The van der Waals surface area contributed by atoms with Crippen LogP contribution in [0.1, 0.15) is 11.1 Å². The van der Waals surface area contributed by atoms with E-state index in [0.717, 1.165) is 32.9 Å². The molecular formula is C20H18N4O. The number of fused-ring (bicyclic) bond motifs is 2. The third-order valence-electron chi connectivity index (χ3n) is 3.84. The van der Waals surface area contributed by atoms with E-state index in [4.69, 9.17) is 10.9 Å². The van der Waals surface area contributed by atoms with E-state index in [9.17, 15) is 0 Å². The highest BCUT2D eigenvalue weighted by Gasteiger charge is 1.98. The molecule has 0 fully saturated rings. The zero-order chi connectivity index (χ0) is 17.5. The maximum atomic E-state index is 8.43. The molecule has 0 aliphatic heterocycles. The minimum atomic E-state index is 0.572. The van der Waals surface area contributed by atoms with Gasteiger partial charge in [0.2, 0.25) is 0 Å². The van der Waals surface area contributed by atoms with E-state index in [0.29, 0.717) is 6.54 Å². The van der Waals surface area contributed by atoms with E-state index in [1.54, 1.807) is 12.4 Å². The van der Waals surface area contributed by atoms with Crippen molar-refractivity contribution in [3.63, 3.8) is 0 Å². The second kappa shape index (κ2) is 7.99. The molecule has 3 N–H and O–H groups in total. The van der Waals surface area contributed by atoms with E-state index >= 15 is 0 Å². The van der Waals surface area contributed by atoms with Gasteiger partial charge in [0.25, 0.3) is 0 Å². The lowest BCUT2D eigenvalue weighted by Crippen LogP contribution is -1.97. The molecule has 2 heterocycles. The summed E-state index contributed by atoms with van der Waals surface area (Å²) in [6.45, 7) is 0.572. The third-order valence-corrected chi connectivity index (χ3v) is 3.84. The Kier molecular flexibility index (Phi) is 5.29. The van der Waals surface area contributed by atoms with Gasteiger partial charge >= 0.3 is 0 Å². The van der Waals surface area contributed by atoms with Crippen LogP contribution >= 0.6 is 0 Å². The van der Waals surface area contributed by atoms with E-state index in [-0.39, 0.29) is 0 Å². The van der Waals surface area contributed by atoms with Crippen LogP contribution in [0.4, 0.5) is 0 Å². The van der Waals surface area contributed by atoms with Crippen LogP contribution in [0.3, 0.4) is 0 Å². The highest BCUT2D eigenvalue weighted by molar-refractivity contribution is 5.97. The van der Waals surface area contributed by atoms with Crippen LogP contribution in [0, 0.1) is 0 Å². The fourth-order valence-electron chi connectivity index (χ4n) is 2.63. The number of rotatable bonds is 2. The molecule has 0 amide bonds. The number of nitrogens with zero attached hydrogens (tertiary/aromatic N) is 3. The quantitative estimate of drug-likeness (QED) is 0.333. The topological polar surface area (TPSA) is 84.4 Å². The van der Waals surface area contributed by atoms with Gasteiger partial charge in [0, 0.05) is 35.3 Å². The lowest BCUT2D eigenvalue weighted by atomic mass is 10.1. The standard InChI is InChI=1S/C10H8N2O.C10H10N2/c13-12-7-8-5-6-11-10-4-2-1-3-9(8)10;11-7-8-5-6-12-10-4-2-1-3-9(8)10/h1-7,13H;1-6H,7,11H2/b12-7+;. The average Bonchev–Trinajstić information content (AvgIpc) is 2.68. The summed E-state index contributed by atoms with van der Waals surface area (Å²) in [4.78, 5) is 8.42. The molecule has 2 aromatic heterocycles. The second-order valence-corrected chi connectivity index (χ2v) is 5.35. The van der Waals surface area contributed by atoms with Crippen molar-refractivity contribution in [2.24, 2.45) is 10.9 Å². The van der Waals surface area contributed by atoms with Crippen LogP contribution < -0.4 is 5.73 Å². The van der Waals surface area contributed by atoms with E-state index in [1.165, 1.54) is 6.21 Å². The summed E-state index contributed by atoms with van der Waals surface area (Å²) in [5, 5.41) is 13.6. The molecule has 2 aromatic carbocycles. The van der Waals surface area contributed by atoms with E-state index < -0.39 is 0 Å². The summed E-state index contributed by atoms with van der Waals surface area (Å²) in [6, 6.07) is 19.5. The van der Waals surface area contributed by atoms with Gasteiger partial charge in [0.15, 0.2) is 0 Å². The summed E-state index contributed by atoms with van der Waals surface area (Å²) < 4.78 is 0. The summed E-state index contributed by atoms with van der Waals surface area (Å²) in [6.07, 6.45) is 4.90. The van der Waals surface area contributed by atoms with Gasteiger partial charge in [-0.3, -0.25) is 9.97 Å². The number of oxime groups is 1. The van der Waals surface area contributed by atoms with Gasteiger partial charge in [-0.1, -0.05) is 41.6 Å². The number of hydrogen-bond acceptors (Lipinski definition) is 5. The van der Waals surface area contributed by atoms with Crippen LogP contribution in [0.15, 0.2) is 78.2 Å². The zero-order valence-corrected chi connectivity index (χ0v) is 13.6. The number of pyridine rings is 2. The molecule has 5 heteroatoms. The number of aromatic nitrogens is 2. The zero-order valence-electron chi connectivity index (χ0n) is 13.6. The normalized spacial score (nSPS) is 10.8. The van der Waals surface area contributed by atoms with Gasteiger partial charge in [0.05, 0.1) is 17.2 Å². The lowest BCUT2D eigenvalue weighted by Gasteiger charge is -2.01. The Hall–Kier alpha value is -3.31. The van der Waals surface area contributed by atoms with Crippen molar-refractivity contribution in [2.45, 2.75) is 6.54 Å². The monoisotopic (exact) mass is 330 g/mol. The van der Waals surface area contributed by atoms with Crippen LogP contribution in [0.25, 0.3) is 21.8 Å². The molecule has 0 aliphatic carbocycles. The SMILES string of the molecule is NCc1ccnc2ccccc12.O/N=C/c1ccnc2ccccc12. The van der Waals surface area contributed by atoms with Crippen LogP contribution in [-0.2, 0) is 6.54 Å². The molecular weight excluding hydrogens is 312 g/mol. The molecule has 0 aliphatic rings. The molecule has 0 bridgehead atoms. The van der Waals surface area contributed by atoms with Crippen molar-refractivity contribution in [2.75, 3.05) is 0 Å². The van der Waals surface area contributed by atoms with Gasteiger partial charge < -0.3 is 10.9 Å². The fourth-order valence-corrected chi connectivity index (χ4v) is 2.63. The molecule has 124 valence electrons. The van der Waals surface area contributed by atoms with Gasteiger partial charge in [-0.05, 0) is 29.8 Å². The number of para-hydroxylation sites is 2. The van der Waals surface area contributed by atoms with Crippen molar-refractivity contribution < 1.29 is 5.21 Å². The predicted molar refractivity (Wildman–Crippen MR) is 101 cm³/mol. The molecule has 0 unspecified atom stereocenters. The Balaban J connectivity index is 0.000000146. The van der Waals surface area contributed by atoms with Crippen LogP contribution in [0.5, 0.6) is 0 Å². The Bertz CT molecular complexity index is 1000. The van der Waals surface area contributed by atoms with E-state index in [1.807, 2.05) is 60.7 Å². The predicted octanol–water partition coefficient (Wildman–Crippen LogP) is 3.74. The van der Waals surface area contributed by atoms with Gasteiger partial charge in [-0.15, -0.1) is 0 Å². The van der Waals surface area contributed by atoms with Crippen LogP contribution in [-0.4, -0.2) is 21.4 Å². The second-order valence-electron chi connectivity index (χ2n) is 5.35. The Labute approximate surface area is 145 Å². The first kappa shape index (κ1) is 16.5. The lowest BCUT2D eigenvalue weighted by molar-refractivity contribution is 0.322. The summed E-state index contributed by atoms with van der Waals surface area (Å²) >= 11 is 0. The van der Waals surface area contributed by atoms with Crippen molar-refractivity contribution in [3.8, 4) is 0 Å². The van der Waals surface area contributed by atoms with E-state index in [2.05, 4.69) is 15.1 Å². The first-order valence-electron chi connectivity index (χ1n) is 7.87. The molecule has 4 rings (SSSR count). The summed E-state index contributed by atoms with van der Waals surface area (Å²) in [5.41, 5.74) is 9.53. The molecule has 0 atom stereocenters. The van der Waals surface area contributed by atoms with Crippen molar-refractivity contribution in [1.82, 2.24) is 9.97 Å². The molecule has 4 aromatic rings. The van der Waals surface area contributed by atoms with Gasteiger partial charge in [-0.25, -0.2) is 0 Å². The fraction of sp³-hybridized carbons (Fsp3) is 0.0500. The third kappa shape index (κ3) is 3.79. The molecule has 0 saturated heterocycles. The maximum absolute atomic E-state index is 8.43. The Morgan fingerprint density at radius 1 is 0.840 bits per heavy atom. The minimum absolute atomic E-state index is 0.572. The first-order valence-corrected chi connectivity index (χ1v) is 7.87. The Morgan fingerprint density at radius 2 is 1.44 bits per heavy atom. The molecule has 25 heavy (non-hydrogen) atoms. The van der Waals surface area contributed by atoms with Crippen LogP contribution in [0.2, 0.25) is 0 Å². The number of nitrogens with two attached hydrogens (primary N) is 1. The van der Waals surface area contributed by atoms with Gasteiger partial charge in [-0.2, -0.15) is 0 Å². The Morgan fingerprint density at radius 3 is 2.12 bits per heavy atom. The van der Waals surface area contributed by atoms with Crippen molar-refractivity contribution in [1.29, 1.82) is 0 Å².